The van der Waals surface area contributed by atoms with Gasteiger partial charge in [-0.2, -0.15) is 0 Å². The normalized spacial score (nSPS) is 19.0. The van der Waals surface area contributed by atoms with Crippen LogP contribution in [0, 0.1) is 5.92 Å². The Morgan fingerprint density at radius 3 is 2.40 bits per heavy atom. The summed E-state index contributed by atoms with van der Waals surface area (Å²) in [4.78, 5) is 44.3. The Kier molecular flexibility index (Phi) is 7.93. The lowest BCUT2D eigenvalue weighted by atomic mass is 9.98. The molecule has 4 rings (SSSR count). The molecule has 2 saturated heterocycles. The van der Waals surface area contributed by atoms with Crippen LogP contribution in [0.3, 0.4) is 0 Å². The number of carbonyl (C=O) groups excluding carboxylic acids is 2. The summed E-state index contributed by atoms with van der Waals surface area (Å²) in [7, 11) is 1.62. The predicted molar refractivity (Wildman–Crippen MR) is 136 cm³/mol. The first-order valence-corrected chi connectivity index (χ1v) is 12.9. The van der Waals surface area contributed by atoms with Crippen molar-refractivity contribution < 1.29 is 14.3 Å². The Bertz CT molecular complexity index is 1120. The van der Waals surface area contributed by atoms with Crippen LogP contribution in [0.15, 0.2) is 41.5 Å². The van der Waals surface area contributed by atoms with Crippen molar-refractivity contribution in [3.63, 3.8) is 0 Å². The number of rotatable bonds is 6. The van der Waals surface area contributed by atoms with E-state index in [0.717, 1.165) is 49.8 Å². The number of likely N-dealkylation sites (tertiary alicyclic amines) is 2. The molecule has 0 spiro atoms. The molecule has 35 heavy (non-hydrogen) atoms. The van der Waals surface area contributed by atoms with E-state index in [0.29, 0.717) is 32.1 Å². The maximum absolute atomic E-state index is 13.7. The lowest BCUT2D eigenvalue weighted by molar-refractivity contribution is 0.0605. The number of hydrogen-bond acceptors (Lipinski definition) is 4. The summed E-state index contributed by atoms with van der Waals surface area (Å²) in [5.74, 6) is 0.768. The third-order valence-corrected chi connectivity index (χ3v) is 7.47. The van der Waals surface area contributed by atoms with Crippen LogP contribution in [0.5, 0.6) is 5.75 Å². The molecule has 0 saturated carbocycles. The standard InChI is InChI=1S/C28H37N3O4/c1-4-22-9-5-6-13-31(22)28(34)25-19-29(17-21-8-7-10-23(16-21)35-3)18-24(26(25)32)27(33)30-14-11-20(2)12-15-30/h7-8,10,16,18-20,22H,4-6,9,11-15,17H2,1-3H3. The third-order valence-electron chi connectivity index (χ3n) is 7.47. The van der Waals surface area contributed by atoms with Crippen molar-refractivity contribution in [3.05, 3.63) is 63.6 Å². The second-order valence-electron chi connectivity index (χ2n) is 9.97. The van der Waals surface area contributed by atoms with Gasteiger partial charge in [-0.15, -0.1) is 0 Å². The first kappa shape index (κ1) is 25.0. The van der Waals surface area contributed by atoms with Crippen molar-refractivity contribution >= 4 is 11.8 Å². The third kappa shape index (κ3) is 5.60. The van der Waals surface area contributed by atoms with Crippen molar-refractivity contribution in [3.8, 4) is 5.75 Å². The summed E-state index contributed by atoms with van der Waals surface area (Å²) in [6.07, 6.45) is 8.92. The highest BCUT2D eigenvalue weighted by Crippen LogP contribution is 2.22. The average Bonchev–Trinajstić information content (AvgIpc) is 2.89. The number of ether oxygens (including phenoxy) is 1. The number of benzene rings is 1. The van der Waals surface area contributed by atoms with Gasteiger partial charge >= 0.3 is 0 Å². The van der Waals surface area contributed by atoms with Crippen LogP contribution in [-0.4, -0.2) is 59.0 Å². The van der Waals surface area contributed by atoms with E-state index in [-0.39, 0.29) is 29.0 Å². The molecule has 0 aliphatic carbocycles. The van der Waals surface area contributed by atoms with Gasteiger partial charge in [-0.05, 0) is 62.1 Å². The van der Waals surface area contributed by atoms with Gasteiger partial charge < -0.3 is 19.1 Å². The second-order valence-corrected chi connectivity index (χ2v) is 9.97. The maximum atomic E-state index is 13.7. The Morgan fingerprint density at radius 2 is 1.71 bits per heavy atom. The van der Waals surface area contributed by atoms with Gasteiger partial charge in [0.2, 0.25) is 5.43 Å². The molecule has 1 atom stereocenters. The molecule has 7 nitrogen and oxygen atoms in total. The van der Waals surface area contributed by atoms with E-state index in [1.165, 1.54) is 0 Å². The van der Waals surface area contributed by atoms with Gasteiger partial charge in [0.25, 0.3) is 11.8 Å². The molecule has 2 fully saturated rings. The largest absolute Gasteiger partial charge is 0.497 e. The summed E-state index contributed by atoms with van der Waals surface area (Å²) in [6.45, 7) is 6.61. The number of carbonyl (C=O) groups is 2. The molecule has 188 valence electrons. The monoisotopic (exact) mass is 479 g/mol. The number of pyridine rings is 1. The van der Waals surface area contributed by atoms with Gasteiger partial charge in [-0.25, -0.2) is 0 Å². The highest BCUT2D eigenvalue weighted by molar-refractivity contribution is 5.99. The topological polar surface area (TPSA) is 71.8 Å². The molecule has 0 bridgehead atoms. The Labute approximate surface area is 207 Å². The first-order chi connectivity index (χ1) is 16.9. The number of hydrogen-bond donors (Lipinski definition) is 0. The fraction of sp³-hybridized carbons (Fsp3) is 0.536. The zero-order valence-corrected chi connectivity index (χ0v) is 21.2. The predicted octanol–water partition coefficient (Wildman–Crippen LogP) is 4.18. The number of amides is 2. The Hall–Kier alpha value is -3.09. The molecule has 2 aliphatic heterocycles. The summed E-state index contributed by atoms with van der Waals surface area (Å²) >= 11 is 0. The molecule has 0 radical (unpaired) electrons. The van der Waals surface area contributed by atoms with Crippen molar-refractivity contribution in [2.24, 2.45) is 5.92 Å². The first-order valence-electron chi connectivity index (χ1n) is 12.9. The van der Waals surface area contributed by atoms with Crippen LogP contribution >= 0.6 is 0 Å². The van der Waals surface area contributed by atoms with Gasteiger partial charge in [-0.1, -0.05) is 26.0 Å². The van der Waals surface area contributed by atoms with Gasteiger partial charge in [-0.3, -0.25) is 14.4 Å². The average molecular weight is 480 g/mol. The Balaban J connectivity index is 1.73. The summed E-state index contributed by atoms with van der Waals surface area (Å²) in [6, 6.07) is 7.80. The van der Waals surface area contributed by atoms with E-state index in [2.05, 4.69) is 13.8 Å². The van der Waals surface area contributed by atoms with E-state index in [9.17, 15) is 14.4 Å². The number of piperidine rings is 2. The van der Waals surface area contributed by atoms with Crippen molar-refractivity contribution in [1.29, 1.82) is 0 Å². The zero-order valence-electron chi connectivity index (χ0n) is 21.2. The fourth-order valence-corrected chi connectivity index (χ4v) is 5.24. The summed E-state index contributed by atoms with van der Waals surface area (Å²) in [5, 5.41) is 0. The van der Waals surface area contributed by atoms with Crippen LogP contribution in [0.25, 0.3) is 0 Å². The fourth-order valence-electron chi connectivity index (χ4n) is 5.24. The molecule has 2 amide bonds. The molecular weight excluding hydrogens is 442 g/mol. The molecule has 1 aromatic heterocycles. The van der Waals surface area contributed by atoms with E-state index in [1.54, 1.807) is 29.0 Å². The molecule has 1 aromatic carbocycles. The van der Waals surface area contributed by atoms with Crippen LogP contribution in [-0.2, 0) is 6.54 Å². The van der Waals surface area contributed by atoms with E-state index >= 15 is 0 Å². The number of aromatic nitrogens is 1. The molecule has 0 N–H and O–H groups in total. The van der Waals surface area contributed by atoms with E-state index in [4.69, 9.17) is 4.74 Å². The summed E-state index contributed by atoms with van der Waals surface area (Å²) in [5.41, 5.74) is 0.671. The van der Waals surface area contributed by atoms with E-state index < -0.39 is 5.43 Å². The molecule has 7 heteroatoms. The van der Waals surface area contributed by atoms with Crippen LogP contribution in [0.1, 0.15) is 78.7 Å². The molecule has 2 aromatic rings. The summed E-state index contributed by atoms with van der Waals surface area (Å²) < 4.78 is 7.15. The molecule has 1 unspecified atom stereocenters. The second kappa shape index (κ2) is 11.1. The molecular formula is C28H37N3O4. The van der Waals surface area contributed by atoms with Gasteiger partial charge in [0.15, 0.2) is 0 Å². The minimum atomic E-state index is -0.457. The zero-order chi connectivity index (χ0) is 24.9. The number of methoxy groups -OCH3 is 1. The Morgan fingerprint density at radius 1 is 1.00 bits per heavy atom. The number of nitrogens with zero attached hydrogens (tertiary/aromatic N) is 3. The smallest absolute Gasteiger partial charge is 0.259 e. The van der Waals surface area contributed by atoms with Crippen molar-refractivity contribution in [2.75, 3.05) is 26.7 Å². The van der Waals surface area contributed by atoms with E-state index in [1.807, 2.05) is 29.2 Å². The lowest BCUT2D eigenvalue weighted by Gasteiger charge is -2.35. The van der Waals surface area contributed by atoms with Crippen LogP contribution in [0.2, 0.25) is 0 Å². The molecule has 2 aliphatic rings. The minimum absolute atomic E-state index is 0.0818. The lowest BCUT2D eigenvalue weighted by Crippen LogP contribution is -2.46. The van der Waals surface area contributed by atoms with Crippen LogP contribution < -0.4 is 10.2 Å². The highest BCUT2D eigenvalue weighted by atomic mass is 16.5. The van der Waals surface area contributed by atoms with Crippen LogP contribution in [0.4, 0.5) is 0 Å². The van der Waals surface area contributed by atoms with Crippen molar-refractivity contribution in [2.45, 2.75) is 65.0 Å². The van der Waals surface area contributed by atoms with Crippen molar-refractivity contribution in [1.82, 2.24) is 14.4 Å². The SMILES string of the molecule is CCC1CCCCN1C(=O)c1cn(Cc2cccc(OC)c2)cc(C(=O)N2CCC(C)CC2)c1=O. The van der Waals surface area contributed by atoms with Gasteiger partial charge in [0, 0.05) is 44.6 Å². The highest BCUT2D eigenvalue weighted by Gasteiger charge is 2.31. The maximum Gasteiger partial charge on any atom is 0.259 e. The van der Waals surface area contributed by atoms with Gasteiger partial charge in [0.1, 0.15) is 16.9 Å². The van der Waals surface area contributed by atoms with Gasteiger partial charge in [0.05, 0.1) is 7.11 Å². The minimum Gasteiger partial charge on any atom is -0.497 e. The molecule has 3 heterocycles. The quantitative estimate of drug-likeness (QED) is 0.623.